The Morgan fingerprint density at radius 1 is 1.00 bits per heavy atom. The Labute approximate surface area is 156 Å². The molecule has 0 aromatic heterocycles. The van der Waals surface area contributed by atoms with E-state index >= 15 is 0 Å². The Balaban J connectivity index is 1.78. The van der Waals surface area contributed by atoms with Gasteiger partial charge in [0.25, 0.3) is 5.91 Å². The van der Waals surface area contributed by atoms with Gasteiger partial charge in [0.15, 0.2) is 6.10 Å². The lowest BCUT2D eigenvalue weighted by Crippen LogP contribution is -2.37. The summed E-state index contributed by atoms with van der Waals surface area (Å²) >= 11 is 0. The fourth-order valence-corrected chi connectivity index (χ4v) is 2.80. The molecule has 4 nitrogen and oxygen atoms in total. The molecule has 0 aliphatic rings. The van der Waals surface area contributed by atoms with E-state index in [0.717, 1.165) is 36.3 Å². The second-order valence-electron chi connectivity index (χ2n) is 6.16. The first kappa shape index (κ1) is 19.8. The SMILES string of the molecule is CCOc1ccccc1CCCNC(=O)C(C)Oc1ccccc1CC. The summed E-state index contributed by atoms with van der Waals surface area (Å²) in [6.07, 6.45) is 2.08. The van der Waals surface area contributed by atoms with Crippen molar-refractivity contribution in [2.75, 3.05) is 13.2 Å². The summed E-state index contributed by atoms with van der Waals surface area (Å²) in [5.74, 6) is 1.62. The molecule has 0 aliphatic carbocycles. The molecule has 0 aliphatic heterocycles. The predicted molar refractivity (Wildman–Crippen MR) is 105 cm³/mol. The zero-order valence-corrected chi connectivity index (χ0v) is 16.0. The van der Waals surface area contributed by atoms with Crippen LogP contribution in [0.5, 0.6) is 11.5 Å². The molecular weight excluding hydrogens is 326 g/mol. The molecule has 1 amide bonds. The van der Waals surface area contributed by atoms with Crippen LogP contribution in [0.2, 0.25) is 0 Å². The molecule has 1 N–H and O–H groups in total. The molecule has 0 spiro atoms. The van der Waals surface area contributed by atoms with E-state index in [1.165, 1.54) is 5.56 Å². The Morgan fingerprint density at radius 3 is 2.35 bits per heavy atom. The summed E-state index contributed by atoms with van der Waals surface area (Å²) in [5, 5.41) is 2.96. The fraction of sp³-hybridized carbons (Fsp3) is 0.409. The molecule has 2 aromatic rings. The second-order valence-corrected chi connectivity index (χ2v) is 6.16. The smallest absolute Gasteiger partial charge is 0.260 e. The van der Waals surface area contributed by atoms with Crippen molar-refractivity contribution in [2.45, 2.75) is 46.1 Å². The summed E-state index contributed by atoms with van der Waals surface area (Å²) in [5.41, 5.74) is 2.28. The van der Waals surface area contributed by atoms with Crippen molar-refractivity contribution in [1.82, 2.24) is 5.32 Å². The molecule has 4 heteroatoms. The van der Waals surface area contributed by atoms with Gasteiger partial charge in [0, 0.05) is 6.54 Å². The van der Waals surface area contributed by atoms with Crippen LogP contribution in [0.15, 0.2) is 48.5 Å². The molecule has 0 radical (unpaired) electrons. The number of amides is 1. The van der Waals surface area contributed by atoms with Crippen molar-refractivity contribution in [1.29, 1.82) is 0 Å². The fourth-order valence-electron chi connectivity index (χ4n) is 2.80. The number of para-hydroxylation sites is 2. The zero-order valence-electron chi connectivity index (χ0n) is 16.0. The highest BCUT2D eigenvalue weighted by Gasteiger charge is 2.15. The predicted octanol–water partition coefficient (Wildman–Crippen LogP) is 4.16. The molecule has 2 aromatic carbocycles. The topological polar surface area (TPSA) is 47.6 Å². The van der Waals surface area contributed by atoms with Gasteiger partial charge in [-0.1, -0.05) is 43.3 Å². The maximum atomic E-state index is 12.3. The average molecular weight is 355 g/mol. The molecule has 0 heterocycles. The van der Waals surface area contributed by atoms with Crippen molar-refractivity contribution in [3.05, 3.63) is 59.7 Å². The van der Waals surface area contributed by atoms with Gasteiger partial charge >= 0.3 is 0 Å². The van der Waals surface area contributed by atoms with Crippen molar-refractivity contribution in [2.24, 2.45) is 0 Å². The van der Waals surface area contributed by atoms with Gasteiger partial charge in [-0.15, -0.1) is 0 Å². The lowest BCUT2D eigenvalue weighted by atomic mass is 10.1. The molecule has 0 saturated carbocycles. The van der Waals surface area contributed by atoms with Gasteiger partial charge in [-0.2, -0.15) is 0 Å². The summed E-state index contributed by atoms with van der Waals surface area (Å²) in [7, 11) is 0. The van der Waals surface area contributed by atoms with Crippen LogP contribution in [0.3, 0.4) is 0 Å². The lowest BCUT2D eigenvalue weighted by Gasteiger charge is -2.17. The van der Waals surface area contributed by atoms with E-state index in [2.05, 4.69) is 18.3 Å². The standard InChI is InChI=1S/C22H29NO3/c1-4-18-11-6-9-15-21(18)26-17(3)22(24)23-16-10-13-19-12-7-8-14-20(19)25-5-2/h6-9,11-12,14-15,17H,4-5,10,13,16H2,1-3H3,(H,23,24). The van der Waals surface area contributed by atoms with E-state index in [1.807, 2.05) is 49.4 Å². The Hall–Kier alpha value is -2.49. The number of nitrogens with one attached hydrogen (secondary N) is 1. The highest BCUT2D eigenvalue weighted by Crippen LogP contribution is 2.20. The number of ether oxygens (including phenoxy) is 2. The summed E-state index contributed by atoms with van der Waals surface area (Å²) in [6, 6.07) is 15.9. The van der Waals surface area contributed by atoms with Crippen LogP contribution < -0.4 is 14.8 Å². The van der Waals surface area contributed by atoms with Crippen molar-refractivity contribution < 1.29 is 14.3 Å². The molecule has 2 rings (SSSR count). The highest BCUT2D eigenvalue weighted by atomic mass is 16.5. The van der Waals surface area contributed by atoms with Crippen LogP contribution in [0.25, 0.3) is 0 Å². The van der Waals surface area contributed by atoms with Gasteiger partial charge in [-0.25, -0.2) is 0 Å². The summed E-state index contributed by atoms with van der Waals surface area (Å²) < 4.78 is 11.5. The number of aryl methyl sites for hydroxylation is 2. The minimum atomic E-state index is -0.515. The third-order valence-electron chi connectivity index (χ3n) is 4.22. The van der Waals surface area contributed by atoms with E-state index in [9.17, 15) is 4.79 Å². The number of benzene rings is 2. The van der Waals surface area contributed by atoms with Gasteiger partial charge in [0.1, 0.15) is 11.5 Å². The van der Waals surface area contributed by atoms with Crippen LogP contribution in [0, 0.1) is 0 Å². The van der Waals surface area contributed by atoms with Gasteiger partial charge in [0.05, 0.1) is 6.61 Å². The zero-order chi connectivity index (χ0) is 18.8. The monoisotopic (exact) mass is 355 g/mol. The van der Waals surface area contributed by atoms with E-state index in [0.29, 0.717) is 13.2 Å². The second kappa shape index (κ2) is 10.5. The molecule has 0 bridgehead atoms. The van der Waals surface area contributed by atoms with Gasteiger partial charge < -0.3 is 14.8 Å². The summed E-state index contributed by atoms with van der Waals surface area (Å²) in [4.78, 5) is 12.3. The normalized spacial score (nSPS) is 11.7. The Bertz CT molecular complexity index is 699. The van der Waals surface area contributed by atoms with Crippen molar-refractivity contribution in [3.63, 3.8) is 0 Å². The Morgan fingerprint density at radius 2 is 1.65 bits per heavy atom. The van der Waals surface area contributed by atoms with E-state index < -0.39 is 6.10 Å². The number of carbonyl (C=O) groups is 1. The van der Waals surface area contributed by atoms with Crippen LogP contribution in [0.1, 0.15) is 38.3 Å². The highest BCUT2D eigenvalue weighted by molar-refractivity contribution is 5.80. The van der Waals surface area contributed by atoms with E-state index in [-0.39, 0.29) is 5.91 Å². The molecule has 1 unspecified atom stereocenters. The molecular formula is C22H29NO3. The summed E-state index contributed by atoms with van der Waals surface area (Å²) in [6.45, 7) is 7.11. The lowest BCUT2D eigenvalue weighted by molar-refractivity contribution is -0.127. The van der Waals surface area contributed by atoms with Gasteiger partial charge in [0.2, 0.25) is 0 Å². The minimum absolute atomic E-state index is 0.0889. The molecule has 0 saturated heterocycles. The number of rotatable bonds is 10. The van der Waals surface area contributed by atoms with Crippen molar-refractivity contribution in [3.8, 4) is 11.5 Å². The van der Waals surface area contributed by atoms with Crippen LogP contribution in [-0.2, 0) is 17.6 Å². The first-order chi connectivity index (χ1) is 12.7. The van der Waals surface area contributed by atoms with Crippen LogP contribution in [0.4, 0.5) is 0 Å². The maximum Gasteiger partial charge on any atom is 0.260 e. The molecule has 0 fully saturated rings. The van der Waals surface area contributed by atoms with E-state index in [4.69, 9.17) is 9.47 Å². The number of carbonyl (C=O) groups excluding carboxylic acids is 1. The quantitative estimate of drug-likeness (QED) is 0.651. The first-order valence-electron chi connectivity index (χ1n) is 9.38. The van der Waals surface area contributed by atoms with E-state index in [1.54, 1.807) is 6.92 Å². The third-order valence-corrected chi connectivity index (χ3v) is 4.22. The molecule has 26 heavy (non-hydrogen) atoms. The largest absolute Gasteiger partial charge is 0.494 e. The van der Waals surface area contributed by atoms with Crippen LogP contribution in [-0.4, -0.2) is 25.2 Å². The van der Waals surface area contributed by atoms with Gasteiger partial charge in [-0.05, 0) is 56.4 Å². The number of hydrogen-bond donors (Lipinski definition) is 1. The minimum Gasteiger partial charge on any atom is -0.494 e. The third kappa shape index (κ3) is 5.80. The van der Waals surface area contributed by atoms with Crippen LogP contribution >= 0.6 is 0 Å². The number of hydrogen-bond acceptors (Lipinski definition) is 3. The van der Waals surface area contributed by atoms with Crippen molar-refractivity contribution >= 4 is 5.91 Å². The average Bonchev–Trinajstić information content (AvgIpc) is 2.66. The molecule has 140 valence electrons. The maximum absolute atomic E-state index is 12.3. The van der Waals surface area contributed by atoms with Gasteiger partial charge in [-0.3, -0.25) is 4.79 Å². The molecule has 1 atom stereocenters. The first-order valence-corrected chi connectivity index (χ1v) is 9.38. The Kier molecular flexibility index (Phi) is 8.00.